The van der Waals surface area contributed by atoms with Crippen LogP contribution in [0.1, 0.15) is 5.56 Å². The molecule has 0 fully saturated rings. The van der Waals surface area contributed by atoms with Gasteiger partial charge in [-0.15, -0.1) is 0 Å². The van der Waals surface area contributed by atoms with Gasteiger partial charge in [0.25, 0.3) is 0 Å². The Hall–Kier alpha value is -1.87. The number of rotatable bonds is 1. The van der Waals surface area contributed by atoms with Gasteiger partial charge in [0.1, 0.15) is 5.82 Å². The van der Waals surface area contributed by atoms with Gasteiger partial charge in [-0.05, 0) is 24.6 Å². The third kappa shape index (κ3) is 1.59. The minimum absolute atomic E-state index is 0.249. The van der Waals surface area contributed by atoms with Crippen molar-refractivity contribution in [3.05, 3.63) is 53.1 Å². The third-order valence-electron chi connectivity index (χ3n) is 3.01. The predicted octanol–water partition coefficient (Wildman–Crippen LogP) is 4.33. The van der Waals surface area contributed by atoms with E-state index in [1.165, 1.54) is 0 Å². The van der Waals surface area contributed by atoms with Gasteiger partial charge < -0.3 is 4.98 Å². The summed E-state index contributed by atoms with van der Waals surface area (Å²) >= 11 is 6.20. The van der Waals surface area contributed by atoms with Crippen molar-refractivity contribution < 1.29 is 4.39 Å². The Balaban J connectivity index is 2.40. The molecule has 0 saturated carbocycles. The monoisotopic (exact) mass is 260 g/mol. The maximum absolute atomic E-state index is 14.2. The Kier molecular flexibility index (Phi) is 2.56. The lowest BCUT2D eigenvalue weighted by atomic mass is 10.0. The summed E-state index contributed by atoms with van der Waals surface area (Å²) in [7, 11) is 0. The second kappa shape index (κ2) is 4.10. The highest BCUT2D eigenvalue weighted by atomic mass is 35.5. The van der Waals surface area contributed by atoms with Crippen LogP contribution in [0.2, 0.25) is 5.02 Å². The van der Waals surface area contributed by atoms with Crippen LogP contribution in [0.25, 0.3) is 22.2 Å². The molecule has 0 saturated heterocycles. The molecule has 18 heavy (non-hydrogen) atoms. The van der Waals surface area contributed by atoms with E-state index in [-0.39, 0.29) is 5.82 Å². The van der Waals surface area contributed by atoms with E-state index >= 15 is 0 Å². The molecule has 0 spiro atoms. The predicted molar refractivity (Wildman–Crippen MR) is 71.2 cm³/mol. The van der Waals surface area contributed by atoms with Crippen LogP contribution >= 0.6 is 11.6 Å². The van der Waals surface area contributed by atoms with Gasteiger partial charge in [-0.3, -0.25) is 0 Å². The Morgan fingerprint density at radius 3 is 2.89 bits per heavy atom. The highest BCUT2D eigenvalue weighted by Gasteiger charge is 2.15. The Labute approximate surface area is 108 Å². The van der Waals surface area contributed by atoms with E-state index in [0.717, 1.165) is 11.0 Å². The standard InChI is InChI=1S/C14H10ClFN2/c1-8-3-2-4-9(13(8)16)12-10(15)5-6-11-14(12)18-7-17-11/h2-7H,1H3,(H,17,18). The zero-order valence-electron chi connectivity index (χ0n) is 9.67. The normalized spacial score (nSPS) is 11.1. The molecule has 3 aromatic rings. The van der Waals surface area contributed by atoms with E-state index in [1.54, 1.807) is 31.5 Å². The summed E-state index contributed by atoms with van der Waals surface area (Å²) in [5.41, 5.74) is 3.28. The molecule has 3 rings (SSSR count). The number of nitrogens with zero attached hydrogens (tertiary/aromatic N) is 1. The van der Waals surface area contributed by atoms with Gasteiger partial charge in [-0.1, -0.05) is 29.8 Å². The quantitative estimate of drug-likeness (QED) is 0.693. The first-order chi connectivity index (χ1) is 8.68. The first kappa shape index (κ1) is 11.2. The lowest BCUT2D eigenvalue weighted by Crippen LogP contribution is -1.90. The van der Waals surface area contributed by atoms with Crippen LogP contribution in [0.15, 0.2) is 36.7 Å². The van der Waals surface area contributed by atoms with Crippen LogP contribution in [0.5, 0.6) is 0 Å². The molecule has 1 N–H and O–H groups in total. The average Bonchev–Trinajstić information content (AvgIpc) is 2.82. The number of halogens is 2. The van der Waals surface area contributed by atoms with Gasteiger partial charge in [0.2, 0.25) is 0 Å². The number of hydrogen-bond donors (Lipinski definition) is 1. The van der Waals surface area contributed by atoms with Crippen molar-refractivity contribution in [2.45, 2.75) is 6.92 Å². The Morgan fingerprint density at radius 2 is 2.06 bits per heavy atom. The molecule has 0 aliphatic rings. The van der Waals surface area contributed by atoms with Crippen molar-refractivity contribution in [3.63, 3.8) is 0 Å². The minimum Gasteiger partial charge on any atom is -0.344 e. The van der Waals surface area contributed by atoms with Crippen LogP contribution in [0, 0.1) is 12.7 Å². The first-order valence-electron chi connectivity index (χ1n) is 5.55. The lowest BCUT2D eigenvalue weighted by molar-refractivity contribution is 0.622. The molecule has 2 nitrogen and oxygen atoms in total. The molecule has 0 aliphatic carbocycles. The molecule has 90 valence electrons. The molecule has 0 amide bonds. The Morgan fingerprint density at radius 1 is 1.22 bits per heavy atom. The minimum atomic E-state index is -0.249. The van der Waals surface area contributed by atoms with E-state index in [1.807, 2.05) is 12.1 Å². The van der Waals surface area contributed by atoms with E-state index in [2.05, 4.69) is 9.97 Å². The molecule has 0 radical (unpaired) electrons. The molecule has 0 atom stereocenters. The number of hydrogen-bond acceptors (Lipinski definition) is 1. The highest BCUT2D eigenvalue weighted by molar-refractivity contribution is 6.34. The lowest BCUT2D eigenvalue weighted by Gasteiger charge is -2.08. The summed E-state index contributed by atoms with van der Waals surface area (Å²) in [6.45, 7) is 1.74. The summed E-state index contributed by atoms with van der Waals surface area (Å²) in [6, 6.07) is 8.83. The average molecular weight is 261 g/mol. The summed E-state index contributed by atoms with van der Waals surface area (Å²) in [6.07, 6.45) is 1.58. The van der Waals surface area contributed by atoms with Crippen LogP contribution in [-0.4, -0.2) is 9.97 Å². The molecule has 0 bridgehead atoms. The summed E-state index contributed by atoms with van der Waals surface area (Å²) in [4.78, 5) is 7.17. The fourth-order valence-electron chi connectivity index (χ4n) is 2.09. The molecule has 4 heteroatoms. The maximum Gasteiger partial charge on any atom is 0.134 e. The maximum atomic E-state index is 14.2. The van der Waals surface area contributed by atoms with Gasteiger partial charge in [-0.25, -0.2) is 9.37 Å². The largest absolute Gasteiger partial charge is 0.344 e. The molecule has 0 unspecified atom stereocenters. The van der Waals surface area contributed by atoms with Crippen molar-refractivity contribution in [1.29, 1.82) is 0 Å². The van der Waals surface area contributed by atoms with E-state index < -0.39 is 0 Å². The first-order valence-corrected chi connectivity index (χ1v) is 5.93. The number of H-pyrrole nitrogens is 1. The summed E-state index contributed by atoms with van der Waals surface area (Å²) in [5, 5.41) is 0.510. The number of nitrogens with one attached hydrogen (secondary N) is 1. The van der Waals surface area contributed by atoms with E-state index in [9.17, 15) is 4.39 Å². The zero-order chi connectivity index (χ0) is 12.7. The number of benzene rings is 2. The fourth-order valence-corrected chi connectivity index (χ4v) is 2.35. The van der Waals surface area contributed by atoms with Gasteiger partial charge in [0.05, 0.1) is 22.4 Å². The van der Waals surface area contributed by atoms with Gasteiger partial charge >= 0.3 is 0 Å². The van der Waals surface area contributed by atoms with Gasteiger partial charge in [-0.2, -0.15) is 0 Å². The summed E-state index contributed by atoms with van der Waals surface area (Å²) < 4.78 is 14.2. The van der Waals surface area contributed by atoms with Crippen molar-refractivity contribution in [3.8, 4) is 11.1 Å². The SMILES string of the molecule is Cc1cccc(-c2c(Cl)ccc3nc[nH]c23)c1F. The second-order valence-corrected chi connectivity index (χ2v) is 4.56. The van der Waals surface area contributed by atoms with Gasteiger partial charge in [0.15, 0.2) is 0 Å². The topological polar surface area (TPSA) is 28.7 Å². The molecular weight excluding hydrogens is 251 g/mol. The number of fused-ring (bicyclic) bond motifs is 1. The van der Waals surface area contributed by atoms with Crippen LogP contribution in [-0.2, 0) is 0 Å². The van der Waals surface area contributed by atoms with E-state index in [0.29, 0.717) is 21.7 Å². The molecule has 1 heterocycles. The number of aryl methyl sites for hydroxylation is 1. The second-order valence-electron chi connectivity index (χ2n) is 4.16. The van der Waals surface area contributed by atoms with Crippen molar-refractivity contribution in [2.24, 2.45) is 0 Å². The number of aromatic nitrogens is 2. The van der Waals surface area contributed by atoms with Crippen LogP contribution in [0.3, 0.4) is 0 Å². The van der Waals surface area contributed by atoms with Crippen LogP contribution < -0.4 is 0 Å². The van der Waals surface area contributed by atoms with E-state index in [4.69, 9.17) is 11.6 Å². The fraction of sp³-hybridized carbons (Fsp3) is 0.0714. The van der Waals surface area contributed by atoms with Crippen molar-refractivity contribution in [2.75, 3.05) is 0 Å². The molecular formula is C14H10ClFN2. The Bertz CT molecular complexity index is 734. The highest BCUT2D eigenvalue weighted by Crippen LogP contribution is 2.35. The third-order valence-corrected chi connectivity index (χ3v) is 3.32. The summed E-state index contributed by atoms with van der Waals surface area (Å²) in [5.74, 6) is -0.249. The molecule has 0 aliphatic heterocycles. The number of imidazole rings is 1. The van der Waals surface area contributed by atoms with Crippen LogP contribution in [0.4, 0.5) is 4.39 Å². The van der Waals surface area contributed by atoms with Crippen molar-refractivity contribution >= 4 is 22.6 Å². The number of aromatic amines is 1. The molecule has 2 aromatic carbocycles. The smallest absolute Gasteiger partial charge is 0.134 e. The van der Waals surface area contributed by atoms with Crippen molar-refractivity contribution in [1.82, 2.24) is 9.97 Å². The zero-order valence-corrected chi connectivity index (χ0v) is 10.4. The molecule has 1 aromatic heterocycles. The van der Waals surface area contributed by atoms with Gasteiger partial charge in [0, 0.05) is 11.1 Å².